The second kappa shape index (κ2) is 7.27. The van der Waals surface area contributed by atoms with E-state index >= 15 is 0 Å². The van der Waals surface area contributed by atoms with Crippen LogP contribution in [-0.4, -0.2) is 32.9 Å². The van der Waals surface area contributed by atoms with Crippen LogP contribution in [0.1, 0.15) is 18.9 Å². The highest BCUT2D eigenvalue weighted by Crippen LogP contribution is 2.27. The molecule has 106 valence electrons. The predicted octanol–water partition coefficient (Wildman–Crippen LogP) is 3.01. The minimum atomic E-state index is 0.468. The van der Waals surface area contributed by atoms with Gasteiger partial charge in [0.25, 0.3) is 0 Å². The van der Waals surface area contributed by atoms with Crippen molar-refractivity contribution in [3.05, 3.63) is 28.2 Å². The van der Waals surface area contributed by atoms with E-state index in [2.05, 4.69) is 40.3 Å². The lowest BCUT2D eigenvalue weighted by molar-refractivity contribution is 0.176. The zero-order valence-electron chi connectivity index (χ0n) is 11.6. The normalized spacial score (nSPS) is 20.5. The van der Waals surface area contributed by atoms with E-state index in [-0.39, 0.29) is 0 Å². The largest absolute Gasteiger partial charge is 0.497 e. The highest BCUT2D eigenvalue weighted by atomic mass is 79.9. The zero-order valence-corrected chi connectivity index (χ0v) is 13.2. The lowest BCUT2D eigenvalue weighted by Gasteiger charge is -2.24. The van der Waals surface area contributed by atoms with Crippen molar-refractivity contribution in [3.63, 3.8) is 0 Å². The summed E-state index contributed by atoms with van der Waals surface area (Å²) in [6.07, 6.45) is 2.15. The second-order valence-electron chi connectivity index (χ2n) is 4.95. The van der Waals surface area contributed by atoms with Crippen LogP contribution in [0.25, 0.3) is 0 Å². The van der Waals surface area contributed by atoms with E-state index in [9.17, 15) is 0 Å². The Labute approximate surface area is 123 Å². The predicted molar refractivity (Wildman–Crippen MR) is 80.8 cm³/mol. The van der Waals surface area contributed by atoms with Crippen LogP contribution < -0.4 is 10.1 Å². The van der Waals surface area contributed by atoms with Crippen molar-refractivity contribution in [1.82, 2.24) is 5.32 Å². The molecule has 1 aromatic carbocycles. The average Bonchev–Trinajstić information content (AvgIpc) is 2.94. The van der Waals surface area contributed by atoms with Crippen LogP contribution in [0.5, 0.6) is 5.75 Å². The molecular formula is C15H22BrNO2. The van der Waals surface area contributed by atoms with Crippen molar-refractivity contribution in [2.75, 3.05) is 26.9 Å². The summed E-state index contributed by atoms with van der Waals surface area (Å²) in [6, 6.07) is 6.62. The van der Waals surface area contributed by atoms with Gasteiger partial charge in [-0.3, -0.25) is 0 Å². The van der Waals surface area contributed by atoms with Gasteiger partial charge in [0.1, 0.15) is 5.75 Å². The molecule has 1 aliphatic heterocycles. The minimum Gasteiger partial charge on any atom is -0.497 e. The molecule has 1 heterocycles. The van der Waals surface area contributed by atoms with E-state index in [1.165, 1.54) is 5.56 Å². The SMILES string of the molecule is CCNC(Cc1cc(OC)ccc1Br)C1CCOC1. The molecule has 0 bridgehead atoms. The molecule has 0 aromatic heterocycles. The Balaban J connectivity index is 2.11. The topological polar surface area (TPSA) is 30.5 Å². The number of halogens is 1. The first-order valence-electron chi connectivity index (χ1n) is 6.88. The van der Waals surface area contributed by atoms with Gasteiger partial charge in [-0.15, -0.1) is 0 Å². The molecule has 1 fully saturated rings. The molecule has 3 nitrogen and oxygen atoms in total. The lowest BCUT2D eigenvalue weighted by atomic mass is 9.92. The maximum Gasteiger partial charge on any atom is 0.119 e. The molecule has 1 aliphatic rings. The van der Waals surface area contributed by atoms with Crippen molar-refractivity contribution < 1.29 is 9.47 Å². The quantitative estimate of drug-likeness (QED) is 0.871. The Hall–Kier alpha value is -0.580. The number of hydrogen-bond donors (Lipinski definition) is 1. The van der Waals surface area contributed by atoms with Gasteiger partial charge in [-0.2, -0.15) is 0 Å². The van der Waals surface area contributed by atoms with Gasteiger partial charge in [0, 0.05) is 23.0 Å². The van der Waals surface area contributed by atoms with Gasteiger partial charge in [-0.1, -0.05) is 22.9 Å². The molecule has 2 atom stereocenters. The number of likely N-dealkylation sites (N-methyl/N-ethyl adjacent to an activating group) is 1. The van der Waals surface area contributed by atoms with Crippen LogP contribution in [0.3, 0.4) is 0 Å². The summed E-state index contributed by atoms with van der Waals surface area (Å²) >= 11 is 3.63. The third kappa shape index (κ3) is 3.94. The summed E-state index contributed by atoms with van der Waals surface area (Å²) < 4.78 is 12.0. The molecule has 1 N–H and O–H groups in total. The first-order chi connectivity index (χ1) is 9.24. The molecule has 1 saturated heterocycles. The van der Waals surface area contributed by atoms with E-state index in [0.29, 0.717) is 12.0 Å². The van der Waals surface area contributed by atoms with Gasteiger partial charge >= 0.3 is 0 Å². The van der Waals surface area contributed by atoms with Crippen molar-refractivity contribution in [3.8, 4) is 5.75 Å². The third-order valence-electron chi connectivity index (χ3n) is 3.69. The number of rotatable bonds is 6. The highest BCUT2D eigenvalue weighted by molar-refractivity contribution is 9.10. The van der Waals surface area contributed by atoms with Crippen molar-refractivity contribution in [1.29, 1.82) is 0 Å². The summed E-state index contributed by atoms with van der Waals surface area (Å²) in [5.41, 5.74) is 1.29. The molecular weight excluding hydrogens is 306 g/mol. The summed E-state index contributed by atoms with van der Waals surface area (Å²) in [7, 11) is 1.71. The Morgan fingerprint density at radius 2 is 2.37 bits per heavy atom. The molecule has 0 saturated carbocycles. The first kappa shape index (κ1) is 14.8. The number of benzene rings is 1. The fourth-order valence-corrected chi connectivity index (χ4v) is 3.02. The average molecular weight is 328 g/mol. The molecule has 0 aliphatic carbocycles. The smallest absolute Gasteiger partial charge is 0.119 e. The summed E-state index contributed by atoms with van der Waals surface area (Å²) in [5, 5.41) is 3.60. The van der Waals surface area contributed by atoms with E-state index in [4.69, 9.17) is 9.47 Å². The Bertz CT molecular complexity index is 405. The minimum absolute atomic E-state index is 0.468. The molecule has 19 heavy (non-hydrogen) atoms. The van der Waals surface area contributed by atoms with Crippen LogP contribution in [0.2, 0.25) is 0 Å². The van der Waals surface area contributed by atoms with Gasteiger partial charge in [-0.05, 0) is 43.1 Å². The van der Waals surface area contributed by atoms with Crippen LogP contribution in [0.15, 0.2) is 22.7 Å². The molecule has 0 amide bonds. The molecule has 4 heteroatoms. The van der Waals surface area contributed by atoms with Gasteiger partial charge in [0.15, 0.2) is 0 Å². The van der Waals surface area contributed by atoms with Crippen LogP contribution in [0.4, 0.5) is 0 Å². The van der Waals surface area contributed by atoms with Crippen molar-refractivity contribution in [2.45, 2.75) is 25.8 Å². The van der Waals surface area contributed by atoms with E-state index < -0.39 is 0 Å². The highest BCUT2D eigenvalue weighted by Gasteiger charge is 2.25. The number of methoxy groups -OCH3 is 1. The number of nitrogens with one attached hydrogen (secondary N) is 1. The van der Waals surface area contributed by atoms with Gasteiger partial charge in [-0.25, -0.2) is 0 Å². The second-order valence-corrected chi connectivity index (χ2v) is 5.80. The number of ether oxygens (including phenoxy) is 2. The van der Waals surface area contributed by atoms with E-state index in [0.717, 1.165) is 42.8 Å². The van der Waals surface area contributed by atoms with E-state index in [1.807, 2.05) is 6.07 Å². The van der Waals surface area contributed by atoms with Crippen LogP contribution in [0, 0.1) is 5.92 Å². The van der Waals surface area contributed by atoms with Gasteiger partial charge < -0.3 is 14.8 Å². The molecule has 2 rings (SSSR count). The summed E-state index contributed by atoms with van der Waals surface area (Å²) in [5.74, 6) is 1.52. The molecule has 1 aromatic rings. The maximum absolute atomic E-state index is 5.52. The molecule has 2 unspecified atom stereocenters. The van der Waals surface area contributed by atoms with Gasteiger partial charge in [0.05, 0.1) is 13.7 Å². The van der Waals surface area contributed by atoms with Crippen molar-refractivity contribution in [2.24, 2.45) is 5.92 Å². The monoisotopic (exact) mass is 327 g/mol. The lowest BCUT2D eigenvalue weighted by Crippen LogP contribution is -2.38. The summed E-state index contributed by atoms with van der Waals surface area (Å²) in [4.78, 5) is 0. The van der Waals surface area contributed by atoms with E-state index in [1.54, 1.807) is 7.11 Å². The Morgan fingerprint density at radius 1 is 1.53 bits per heavy atom. The summed E-state index contributed by atoms with van der Waals surface area (Å²) in [6.45, 7) is 4.91. The van der Waals surface area contributed by atoms with Crippen LogP contribution >= 0.6 is 15.9 Å². The Kier molecular flexibility index (Phi) is 5.67. The first-order valence-corrected chi connectivity index (χ1v) is 7.67. The number of hydrogen-bond acceptors (Lipinski definition) is 3. The fraction of sp³-hybridized carbons (Fsp3) is 0.600. The van der Waals surface area contributed by atoms with Crippen LogP contribution in [-0.2, 0) is 11.2 Å². The Morgan fingerprint density at radius 3 is 3.00 bits per heavy atom. The molecule has 0 spiro atoms. The third-order valence-corrected chi connectivity index (χ3v) is 4.47. The molecule has 0 radical (unpaired) electrons. The van der Waals surface area contributed by atoms with Crippen molar-refractivity contribution >= 4 is 15.9 Å². The standard InChI is InChI=1S/C15H22BrNO2/c1-3-17-15(11-6-7-19-10-11)9-12-8-13(18-2)4-5-14(12)16/h4-5,8,11,15,17H,3,6-7,9-10H2,1-2H3. The zero-order chi connectivity index (χ0) is 13.7. The maximum atomic E-state index is 5.52. The van der Waals surface area contributed by atoms with Gasteiger partial charge in [0.2, 0.25) is 0 Å². The fourth-order valence-electron chi connectivity index (χ4n) is 2.61.